The van der Waals surface area contributed by atoms with Gasteiger partial charge in [-0.25, -0.2) is 4.98 Å². The van der Waals surface area contributed by atoms with Crippen LogP contribution < -0.4 is 10.6 Å². The number of hydrogen-bond acceptors (Lipinski definition) is 6. The molecule has 0 radical (unpaired) electrons. The Morgan fingerprint density at radius 1 is 1.04 bits per heavy atom. The molecule has 136 valence electrons. The fraction of sp³-hybridized carbons (Fsp3) is 0.105. The van der Waals surface area contributed by atoms with Gasteiger partial charge in [-0.15, -0.1) is 22.7 Å². The summed E-state index contributed by atoms with van der Waals surface area (Å²) >= 11 is 2.81. The average molecular weight is 397 g/mol. The van der Waals surface area contributed by atoms with E-state index in [0.717, 1.165) is 20.8 Å². The molecule has 8 heteroatoms. The minimum absolute atomic E-state index is 0.211. The zero-order valence-corrected chi connectivity index (χ0v) is 16.2. The lowest BCUT2D eigenvalue weighted by Gasteiger charge is -2.04. The molecule has 27 heavy (non-hydrogen) atoms. The highest BCUT2D eigenvalue weighted by atomic mass is 32.1. The van der Waals surface area contributed by atoms with E-state index >= 15 is 0 Å². The zero-order valence-electron chi connectivity index (χ0n) is 14.5. The number of nitrogens with one attached hydrogen (secondary N) is 2. The SMILES string of the molecule is Cc1nc2ccc(NC(=O)c3sc(NC(=O)c4ccco4)cc3C)cc2s1. The summed E-state index contributed by atoms with van der Waals surface area (Å²) in [7, 11) is 0. The largest absolute Gasteiger partial charge is 0.459 e. The third kappa shape index (κ3) is 3.62. The summed E-state index contributed by atoms with van der Waals surface area (Å²) in [4.78, 5) is 29.7. The van der Waals surface area contributed by atoms with Crippen LogP contribution in [0.4, 0.5) is 10.7 Å². The van der Waals surface area contributed by atoms with Gasteiger partial charge in [0.15, 0.2) is 5.76 Å². The molecule has 3 aromatic heterocycles. The number of rotatable bonds is 4. The van der Waals surface area contributed by atoms with Gasteiger partial charge in [0.2, 0.25) is 0 Å². The van der Waals surface area contributed by atoms with Gasteiger partial charge >= 0.3 is 0 Å². The molecule has 0 fully saturated rings. The number of thiophene rings is 1. The first-order valence-electron chi connectivity index (χ1n) is 8.13. The standard InChI is InChI=1S/C19H15N3O3S2/c1-10-8-16(22-18(23)14-4-3-7-25-14)27-17(10)19(24)21-12-5-6-13-15(9-12)26-11(2)20-13/h3-9H,1-2H3,(H,21,24)(H,22,23). The second-order valence-electron chi connectivity index (χ2n) is 5.92. The lowest BCUT2D eigenvalue weighted by atomic mass is 10.2. The smallest absolute Gasteiger partial charge is 0.291 e. The van der Waals surface area contributed by atoms with E-state index in [2.05, 4.69) is 15.6 Å². The predicted molar refractivity (Wildman–Crippen MR) is 108 cm³/mol. The quantitative estimate of drug-likeness (QED) is 0.503. The highest BCUT2D eigenvalue weighted by Gasteiger charge is 2.17. The number of carbonyl (C=O) groups excluding carboxylic acids is 2. The molecule has 0 saturated heterocycles. The van der Waals surface area contributed by atoms with Crippen LogP contribution in [0.3, 0.4) is 0 Å². The van der Waals surface area contributed by atoms with E-state index in [-0.39, 0.29) is 17.6 Å². The molecular weight excluding hydrogens is 382 g/mol. The number of aryl methyl sites for hydroxylation is 2. The third-order valence-electron chi connectivity index (χ3n) is 3.86. The van der Waals surface area contributed by atoms with Crippen LogP contribution in [0.25, 0.3) is 10.2 Å². The van der Waals surface area contributed by atoms with E-state index in [4.69, 9.17) is 4.42 Å². The molecule has 2 amide bonds. The molecule has 1 aromatic carbocycles. The van der Waals surface area contributed by atoms with Crippen molar-refractivity contribution < 1.29 is 14.0 Å². The molecular formula is C19H15N3O3S2. The molecule has 6 nitrogen and oxygen atoms in total. The molecule has 0 bridgehead atoms. The minimum atomic E-state index is -0.348. The van der Waals surface area contributed by atoms with Crippen molar-refractivity contribution in [3.8, 4) is 0 Å². The normalized spacial score (nSPS) is 10.9. The molecule has 0 aliphatic heterocycles. The van der Waals surface area contributed by atoms with Gasteiger partial charge in [-0.3, -0.25) is 9.59 Å². The van der Waals surface area contributed by atoms with E-state index in [1.165, 1.54) is 17.6 Å². The Balaban J connectivity index is 1.51. The second kappa shape index (κ2) is 6.98. The van der Waals surface area contributed by atoms with E-state index in [9.17, 15) is 9.59 Å². The van der Waals surface area contributed by atoms with Crippen molar-refractivity contribution in [2.24, 2.45) is 0 Å². The summed E-state index contributed by atoms with van der Waals surface area (Å²) in [6.07, 6.45) is 1.44. The Morgan fingerprint density at radius 3 is 2.67 bits per heavy atom. The van der Waals surface area contributed by atoms with E-state index in [1.54, 1.807) is 29.5 Å². The van der Waals surface area contributed by atoms with Crippen LogP contribution >= 0.6 is 22.7 Å². The van der Waals surface area contributed by atoms with Gasteiger partial charge in [0.25, 0.3) is 11.8 Å². The number of anilines is 2. The van der Waals surface area contributed by atoms with E-state index in [0.29, 0.717) is 15.6 Å². The van der Waals surface area contributed by atoms with E-state index in [1.807, 2.05) is 32.0 Å². The lowest BCUT2D eigenvalue weighted by Crippen LogP contribution is -2.11. The topological polar surface area (TPSA) is 84.2 Å². The lowest BCUT2D eigenvalue weighted by molar-refractivity contribution is 0.0995. The zero-order chi connectivity index (χ0) is 19.0. The Labute approximate surface area is 162 Å². The van der Waals surface area contributed by atoms with Crippen molar-refractivity contribution in [2.45, 2.75) is 13.8 Å². The van der Waals surface area contributed by atoms with Gasteiger partial charge < -0.3 is 15.1 Å². The van der Waals surface area contributed by atoms with E-state index < -0.39 is 0 Å². The molecule has 4 rings (SSSR count). The predicted octanol–water partition coefficient (Wildman–Crippen LogP) is 5.07. The number of amides is 2. The first-order chi connectivity index (χ1) is 13.0. The fourth-order valence-electron chi connectivity index (χ4n) is 2.66. The molecule has 0 aliphatic rings. The van der Waals surface area contributed by atoms with Crippen LogP contribution in [0.5, 0.6) is 0 Å². The summed E-state index contributed by atoms with van der Waals surface area (Å²) in [6.45, 7) is 3.79. The molecule has 0 spiro atoms. The van der Waals surface area contributed by atoms with Crippen LogP contribution in [0.2, 0.25) is 0 Å². The first kappa shape index (κ1) is 17.4. The summed E-state index contributed by atoms with van der Waals surface area (Å²) < 4.78 is 6.10. The van der Waals surface area contributed by atoms with Crippen LogP contribution in [-0.4, -0.2) is 16.8 Å². The van der Waals surface area contributed by atoms with Crippen molar-refractivity contribution in [3.05, 3.63) is 63.9 Å². The van der Waals surface area contributed by atoms with Crippen LogP contribution in [0, 0.1) is 13.8 Å². The number of nitrogens with zero attached hydrogens (tertiary/aromatic N) is 1. The summed E-state index contributed by atoms with van der Waals surface area (Å²) in [5.74, 6) is -0.337. The molecule has 4 aromatic rings. The average Bonchev–Trinajstić information content (AvgIpc) is 3.33. The number of furan rings is 1. The van der Waals surface area contributed by atoms with Gasteiger partial charge in [-0.2, -0.15) is 0 Å². The molecule has 0 aliphatic carbocycles. The summed E-state index contributed by atoms with van der Waals surface area (Å²) in [5, 5.41) is 7.24. The first-order valence-corrected chi connectivity index (χ1v) is 9.77. The fourth-order valence-corrected chi connectivity index (χ4v) is 4.49. The van der Waals surface area contributed by atoms with Crippen molar-refractivity contribution in [1.29, 1.82) is 0 Å². The number of hydrogen-bond donors (Lipinski definition) is 2. The van der Waals surface area contributed by atoms with Crippen LogP contribution in [0.15, 0.2) is 47.1 Å². The maximum absolute atomic E-state index is 12.7. The molecule has 2 N–H and O–H groups in total. The Bertz CT molecular complexity index is 1140. The van der Waals surface area contributed by atoms with Gasteiger partial charge in [0, 0.05) is 5.69 Å². The number of fused-ring (bicyclic) bond motifs is 1. The maximum atomic E-state index is 12.7. The van der Waals surface area contributed by atoms with Crippen LogP contribution in [-0.2, 0) is 0 Å². The van der Waals surface area contributed by atoms with Crippen molar-refractivity contribution >= 4 is 55.4 Å². The number of aromatic nitrogens is 1. The Kier molecular flexibility index (Phi) is 4.51. The van der Waals surface area contributed by atoms with Crippen LogP contribution in [0.1, 0.15) is 30.8 Å². The van der Waals surface area contributed by atoms with Gasteiger partial charge in [-0.1, -0.05) is 0 Å². The maximum Gasteiger partial charge on any atom is 0.291 e. The highest BCUT2D eigenvalue weighted by molar-refractivity contribution is 7.18. The van der Waals surface area contributed by atoms with Gasteiger partial charge in [0.1, 0.15) is 0 Å². The molecule has 0 unspecified atom stereocenters. The number of carbonyl (C=O) groups is 2. The Hall–Kier alpha value is -2.97. The molecule has 0 saturated carbocycles. The third-order valence-corrected chi connectivity index (χ3v) is 5.94. The van der Waals surface area contributed by atoms with Crippen molar-refractivity contribution in [3.63, 3.8) is 0 Å². The van der Waals surface area contributed by atoms with Crippen molar-refractivity contribution in [2.75, 3.05) is 10.6 Å². The second-order valence-corrected chi connectivity index (χ2v) is 8.21. The number of thiazole rings is 1. The Morgan fingerprint density at radius 2 is 1.89 bits per heavy atom. The molecule has 0 atom stereocenters. The van der Waals surface area contributed by atoms with Gasteiger partial charge in [-0.05, 0) is 55.8 Å². The number of benzene rings is 1. The minimum Gasteiger partial charge on any atom is -0.459 e. The molecule has 3 heterocycles. The highest BCUT2D eigenvalue weighted by Crippen LogP contribution is 2.29. The monoisotopic (exact) mass is 397 g/mol. The summed E-state index contributed by atoms with van der Waals surface area (Å²) in [5.41, 5.74) is 2.43. The van der Waals surface area contributed by atoms with Crippen molar-refractivity contribution in [1.82, 2.24) is 4.98 Å². The van der Waals surface area contributed by atoms with Gasteiger partial charge in [0.05, 0.1) is 31.4 Å². The summed E-state index contributed by atoms with van der Waals surface area (Å²) in [6, 6.07) is 10.7.